The third-order valence-electron chi connectivity index (χ3n) is 2.32. The van der Waals surface area contributed by atoms with Crippen LogP contribution in [0.25, 0.3) is 0 Å². The normalized spacial score (nSPS) is 10.1. The molecular formula is C12H16BrNO3. The minimum absolute atomic E-state index is 0.00736. The van der Waals surface area contributed by atoms with Gasteiger partial charge in [-0.2, -0.15) is 0 Å². The summed E-state index contributed by atoms with van der Waals surface area (Å²) < 4.78 is 11.1. The van der Waals surface area contributed by atoms with E-state index in [-0.39, 0.29) is 5.78 Å². The van der Waals surface area contributed by atoms with Crippen LogP contribution in [0.3, 0.4) is 0 Å². The van der Waals surface area contributed by atoms with E-state index in [4.69, 9.17) is 9.47 Å². The molecule has 0 radical (unpaired) electrons. The Hall–Kier alpha value is -1.07. The third kappa shape index (κ3) is 3.20. The number of methoxy groups -OCH3 is 2. The quantitative estimate of drug-likeness (QED) is 0.819. The molecule has 0 spiro atoms. The molecule has 0 saturated carbocycles. The first-order chi connectivity index (χ1) is 8.15. The van der Waals surface area contributed by atoms with Crippen molar-refractivity contribution in [3.63, 3.8) is 0 Å². The average molecular weight is 302 g/mol. The lowest BCUT2D eigenvalue weighted by Crippen LogP contribution is -2.23. The van der Waals surface area contributed by atoms with Gasteiger partial charge in [0.05, 0.1) is 26.3 Å². The molecule has 0 heterocycles. The van der Waals surface area contributed by atoms with Crippen LogP contribution < -0.4 is 14.8 Å². The van der Waals surface area contributed by atoms with Crippen LogP contribution in [0.5, 0.6) is 11.5 Å². The maximum atomic E-state index is 11.9. The van der Waals surface area contributed by atoms with E-state index in [0.29, 0.717) is 28.1 Å². The molecule has 1 aromatic rings. The van der Waals surface area contributed by atoms with E-state index in [0.717, 1.165) is 6.54 Å². The number of benzene rings is 1. The van der Waals surface area contributed by atoms with Gasteiger partial charge in [-0.1, -0.05) is 6.92 Å². The molecule has 94 valence electrons. The molecule has 5 heteroatoms. The predicted octanol–water partition coefficient (Wildman–Crippen LogP) is 2.26. The number of ketones is 1. The van der Waals surface area contributed by atoms with Crippen molar-refractivity contribution in [1.29, 1.82) is 0 Å². The molecule has 0 bridgehead atoms. The molecule has 0 aliphatic rings. The van der Waals surface area contributed by atoms with Gasteiger partial charge >= 0.3 is 0 Å². The number of rotatable bonds is 6. The molecule has 0 amide bonds. The Balaban J connectivity index is 3.07. The van der Waals surface area contributed by atoms with E-state index >= 15 is 0 Å². The van der Waals surface area contributed by atoms with Crippen LogP contribution in [0.1, 0.15) is 17.3 Å². The lowest BCUT2D eigenvalue weighted by atomic mass is 10.1. The first-order valence-electron chi connectivity index (χ1n) is 5.30. The fraction of sp³-hybridized carbons (Fsp3) is 0.417. The maximum absolute atomic E-state index is 11.9. The molecule has 0 saturated heterocycles. The van der Waals surface area contributed by atoms with Crippen LogP contribution in [0.15, 0.2) is 16.6 Å². The van der Waals surface area contributed by atoms with E-state index in [1.54, 1.807) is 19.2 Å². The Bertz CT molecular complexity index is 407. The highest BCUT2D eigenvalue weighted by Gasteiger charge is 2.17. The van der Waals surface area contributed by atoms with E-state index in [1.165, 1.54) is 7.11 Å². The van der Waals surface area contributed by atoms with Crippen LogP contribution in [0, 0.1) is 0 Å². The largest absolute Gasteiger partial charge is 0.495 e. The number of halogens is 1. The maximum Gasteiger partial charge on any atom is 0.180 e. The first-order valence-corrected chi connectivity index (χ1v) is 6.09. The van der Waals surface area contributed by atoms with E-state index < -0.39 is 0 Å². The Labute approximate surface area is 109 Å². The molecule has 0 unspecified atom stereocenters. The summed E-state index contributed by atoms with van der Waals surface area (Å²) in [5.41, 5.74) is 0.543. The smallest absolute Gasteiger partial charge is 0.180 e. The number of nitrogens with one attached hydrogen (secondary N) is 1. The molecule has 17 heavy (non-hydrogen) atoms. The summed E-state index contributed by atoms with van der Waals surface area (Å²) in [6.45, 7) is 3.01. The highest BCUT2D eigenvalue weighted by Crippen LogP contribution is 2.37. The molecular weight excluding hydrogens is 286 g/mol. The summed E-state index contributed by atoms with van der Waals surface area (Å²) in [5, 5.41) is 2.99. The molecule has 1 aromatic carbocycles. The molecule has 0 atom stereocenters. The number of carbonyl (C=O) groups excluding carboxylic acids is 1. The van der Waals surface area contributed by atoms with E-state index in [1.807, 2.05) is 6.92 Å². The summed E-state index contributed by atoms with van der Waals surface area (Å²) >= 11 is 3.37. The van der Waals surface area contributed by atoms with Gasteiger partial charge in [0.25, 0.3) is 0 Å². The van der Waals surface area contributed by atoms with Crippen molar-refractivity contribution >= 4 is 21.7 Å². The first kappa shape index (κ1) is 14.0. The average Bonchev–Trinajstić information content (AvgIpc) is 2.35. The Morgan fingerprint density at radius 2 is 2.06 bits per heavy atom. The van der Waals surface area contributed by atoms with Crippen molar-refractivity contribution in [2.45, 2.75) is 6.92 Å². The van der Waals surface area contributed by atoms with Gasteiger partial charge < -0.3 is 14.8 Å². The van der Waals surface area contributed by atoms with Gasteiger partial charge in [0.15, 0.2) is 5.78 Å². The van der Waals surface area contributed by atoms with Gasteiger partial charge in [0.2, 0.25) is 0 Å². The summed E-state index contributed by atoms with van der Waals surface area (Å²) in [7, 11) is 3.10. The molecule has 1 rings (SSSR count). The van der Waals surface area contributed by atoms with Gasteiger partial charge in [-0.05, 0) is 34.6 Å². The SMILES string of the molecule is CCNCC(=O)c1ccc(OC)c(Br)c1OC. The standard InChI is InChI=1S/C12H16BrNO3/c1-4-14-7-9(15)8-5-6-10(16-2)11(13)12(8)17-3/h5-6,14H,4,7H2,1-3H3. The van der Waals surface area contributed by atoms with Gasteiger partial charge in [0.1, 0.15) is 16.0 Å². The van der Waals surface area contributed by atoms with Crippen molar-refractivity contribution < 1.29 is 14.3 Å². The van der Waals surface area contributed by atoms with Gasteiger partial charge in [0, 0.05) is 0 Å². The van der Waals surface area contributed by atoms with Crippen molar-refractivity contribution in [2.24, 2.45) is 0 Å². The third-order valence-corrected chi connectivity index (χ3v) is 3.07. The van der Waals surface area contributed by atoms with E-state index in [9.17, 15) is 4.79 Å². The monoisotopic (exact) mass is 301 g/mol. The summed E-state index contributed by atoms with van der Waals surface area (Å²) in [6, 6.07) is 3.45. The highest BCUT2D eigenvalue weighted by atomic mass is 79.9. The predicted molar refractivity (Wildman–Crippen MR) is 70.1 cm³/mol. The molecule has 1 N–H and O–H groups in total. The second-order valence-electron chi connectivity index (χ2n) is 3.37. The second kappa shape index (κ2) is 6.61. The molecule has 0 aliphatic heterocycles. The minimum atomic E-state index is -0.00736. The number of likely N-dealkylation sites (N-methyl/N-ethyl adjacent to an activating group) is 1. The van der Waals surface area contributed by atoms with Crippen LogP contribution >= 0.6 is 15.9 Å². The number of hydrogen-bond donors (Lipinski definition) is 1. The topological polar surface area (TPSA) is 47.6 Å². The van der Waals surface area contributed by atoms with Crippen molar-refractivity contribution in [3.05, 3.63) is 22.2 Å². The minimum Gasteiger partial charge on any atom is -0.495 e. The number of Topliss-reactive ketones (excluding diaryl/α,β-unsaturated/α-hetero) is 1. The van der Waals surface area contributed by atoms with Crippen LogP contribution in [-0.2, 0) is 0 Å². The van der Waals surface area contributed by atoms with Crippen molar-refractivity contribution in [1.82, 2.24) is 5.32 Å². The summed E-state index contributed by atoms with van der Waals surface area (Å²) in [6.07, 6.45) is 0. The van der Waals surface area contributed by atoms with Crippen LogP contribution in [0.2, 0.25) is 0 Å². The lowest BCUT2D eigenvalue weighted by molar-refractivity contribution is 0.0988. The fourth-order valence-electron chi connectivity index (χ4n) is 1.45. The van der Waals surface area contributed by atoms with Crippen molar-refractivity contribution in [3.8, 4) is 11.5 Å². The molecule has 4 nitrogen and oxygen atoms in total. The van der Waals surface area contributed by atoms with Gasteiger partial charge in [-0.3, -0.25) is 4.79 Å². The van der Waals surface area contributed by atoms with Gasteiger partial charge in [-0.25, -0.2) is 0 Å². The van der Waals surface area contributed by atoms with Crippen molar-refractivity contribution in [2.75, 3.05) is 27.3 Å². The lowest BCUT2D eigenvalue weighted by Gasteiger charge is -2.12. The molecule has 0 fully saturated rings. The van der Waals surface area contributed by atoms with Crippen LogP contribution in [-0.4, -0.2) is 33.1 Å². The number of carbonyl (C=O) groups is 1. The van der Waals surface area contributed by atoms with E-state index in [2.05, 4.69) is 21.2 Å². The van der Waals surface area contributed by atoms with Gasteiger partial charge in [-0.15, -0.1) is 0 Å². The Kier molecular flexibility index (Phi) is 5.44. The fourth-order valence-corrected chi connectivity index (χ4v) is 2.12. The number of ether oxygens (including phenoxy) is 2. The Morgan fingerprint density at radius 1 is 1.35 bits per heavy atom. The zero-order valence-corrected chi connectivity index (χ0v) is 11.8. The summed E-state index contributed by atoms with van der Waals surface area (Å²) in [5.74, 6) is 1.14. The van der Waals surface area contributed by atoms with Crippen LogP contribution in [0.4, 0.5) is 0 Å². The molecule has 0 aromatic heterocycles. The highest BCUT2D eigenvalue weighted by molar-refractivity contribution is 9.10. The Morgan fingerprint density at radius 3 is 2.59 bits per heavy atom. The second-order valence-corrected chi connectivity index (χ2v) is 4.16. The number of hydrogen-bond acceptors (Lipinski definition) is 4. The summed E-state index contributed by atoms with van der Waals surface area (Å²) in [4.78, 5) is 11.9. The zero-order chi connectivity index (χ0) is 12.8. The zero-order valence-electron chi connectivity index (χ0n) is 10.2. The molecule has 0 aliphatic carbocycles.